The third-order valence-corrected chi connectivity index (χ3v) is 4.72. The second-order valence-corrected chi connectivity index (χ2v) is 6.08. The molecule has 102 valence electrons. The average molecular weight is 284 g/mol. The highest BCUT2D eigenvalue weighted by molar-refractivity contribution is 7.80. The summed E-state index contributed by atoms with van der Waals surface area (Å²) in [6, 6.07) is 0. The molecular weight excluding hydrogens is 272 g/mol. The van der Waals surface area contributed by atoms with Crippen molar-refractivity contribution in [2.75, 3.05) is 20.1 Å². The molecule has 0 spiro atoms. The molecule has 0 amide bonds. The van der Waals surface area contributed by atoms with Crippen LogP contribution in [0.25, 0.3) is 0 Å². The molecule has 2 aliphatic heterocycles. The number of nitrogens with zero attached hydrogens (tertiary/aromatic N) is 5. The number of aryl methyl sites for hydroxylation is 1. The average Bonchev–Trinajstić information content (AvgIpc) is 2.95. The van der Waals surface area contributed by atoms with Crippen LogP contribution in [0.1, 0.15) is 5.82 Å². The molecule has 1 aromatic rings. The van der Waals surface area contributed by atoms with E-state index in [-0.39, 0.29) is 11.7 Å². The van der Waals surface area contributed by atoms with Crippen molar-refractivity contribution in [1.82, 2.24) is 20.1 Å². The molecule has 0 saturated carbocycles. The zero-order valence-corrected chi connectivity index (χ0v) is 11.2. The van der Waals surface area contributed by atoms with Crippen molar-refractivity contribution in [2.45, 2.75) is 0 Å². The van der Waals surface area contributed by atoms with E-state index in [1.807, 2.05) is 0 Å². The number of amidine groups is 1. The Balaban J connectivity index is 2.24. The summed E-state index contributed by atoms with van der Waals surface area (Å²) in [4.78, 5) is 8.27. The SMILES string of the molecule is Cn1ncnc1C1=NC2=C(CNC2)[N+]1(C)S(=O)(=O)[O-]. The normalized spacial score (nSPS) is 26.8. The quantitative estimate of drug-likeness (QED) is 0.511. The highest BCUT2D eigenvalue weighted by atomic mass is 32.2. The van der Waals surface area contributed by atoms with Crippen LogP contribution in [-0.2, 0) is 17.4 Å². The molecule has 3 rings (SSSR count). The van der Waals surface area contributed by atoms with Gasteiger partial charge in [0.1, 0.15) is 12.0 Å². The van der Waals surface area contributed by atoms with Gasteiger partial charge >= 0.3 is 0 Å². The second kappa shape index (κ2) is 3.70. The van der Waals surface area contributed by atoms with Gasteiger partial charge in [-0.1, -0.05) is 0 Å². The predicted octanol–water partition coefficient (Wildman–Crippen LogP) is -1.70. The fourth-order valence-corrected chi connectivity index (χ4v) is 3.11. The van der Waals surface area contributed by atoms with Crippen LogP contribution in [-0.4, -0.2) is 57.6 Å². The van der Waals surface area contributed by atoms with Crippen molar-refractivity contribution < 1.29 is 16.9 Å². The van der Waals surface area contributed by atoms with E-state index >= 15 is 0 Å². The van der Waals surface area contributed by atoms with Crippen LogP contribution in [0, 0.1) is 0 Å². The van der Waals surface area contributed by atoms with Crippen molar-refractivity contribution in [1.29, 1.82) is 0 Å². The van der Waals surface area contributed by atoms with E-state index in [0.717, 1.165) is 0 Å². The third-order valence-electron chi connectivity index (χ3n) is 3.44. The maximum atomic E-state index is 11.7. The largest absolute Gasteiger partial charge is 0.701 e. The summed E-state index contributed by atoms with van der Waals surface area (Å²) in [5.41, 5.74) is 1.04. The Labute approximate surface area is 109 Å². The Bertz CT molecular complexity index is 718. The van der Waals surface area contributed by atoms with Crippen LogP contribution in [0.2, 0.25) is 0 Å². The lowest BCUT2D eigenvalue weighted by atomic mass is 10.4. The van der Waals surface area contributed by atoms with Crippen LogP contribution in [0.5, 0.6) is 0 Å². The smallest absolute Gasteiger partial charge is 0.292 e. The van der Waals surface area contributed by atoms with Gasteiger partial charge in [-0.05, 0) is 0 Å². The van der Waals surface area contributed by atoms with E-state index in [1.54, 1.807) is 7.05 Å². The molecule has 9 nitrogen and oxygen atoms in total. The van der Waals surface area contributed by atoms with Crippen molar-refractivity contribution in [3.63, 3.8) is 0 Å². The number of aromatic nitrogens is 3. The van der Waals surface area contributed by atoms with E-state index in [0.29, 0.717) is 24.5 Å². The third kappa shape index (κ3) is 1.51. The summed E-state index contributed by atoms with van der Waals surface area (Å²) in [5.74, 6) is 0.373. The number of quaternary nitrogens is 1. The monoisotopic (exact) mass is 284 g/mol. The van der Waals surface area contributed by atoms with E-state index < -0.39 is 14.2 Å². The molecule has 0 bridgehead atoms. The highest BCUT2D eigenvalue weighted by Gasteiger charge is 2.51. The Kier molecular flexibility index (Phi) is 2.41. The van der Waals surface area contributed by atoms with E-state index in [1.165, 1.54) is 18.1 Å². The fourth-order valence-electron chi connectivity index (χ4n) is 2.34. The molecule has 1 atom stereocenters. The molecule has 3 heterocycles. The first-order chi connectivity index (χ1) is 8.85. The van der Waals surface area contributed by atoms with Crippen molar-refractivity contribution in [3.8, 4) is 0 Å². The molecule has 2 aliphatic rings. The Morgan fingerprint density at radius 3 is 2.79 bits per heavy atom. The summed E-state index contributed by atoms with van der Waals surface area (Å²) < 4.78 is 35.7. The Morgan fingerprint density at radius 1 is 1.47 bits per heavy atom. The van der Waals surface area contributed by atoms with Gasteiger partial charge in [0.15, 0.2) is 5.70 Å². The van der Waals surface area contributed by atoms with Gasteiger partial charge in [0.25, 0.3) is 16.1 Å². The highest BCUT2D eigenvalue weighted by Crippen LogP contribution is 2.34. The minimum Gasteiger partial charge on any atom is -0.701 e. The first-order valence-electron chi connectivity index (χ1n) is 5.55. The molecule has 1 unspecified atom stereocenters. The van der Waals surface area contributed by atoms with Gasteiger partial charge in [-0.2, -0.15) is 18.5 Å². The summed E-state index contributed by atoms with van der Waals surface area (Å²) in [6.45, 7) is 0.762. The van der Waals surface area contributed by atoms with E-state index in [4.69, 9.17) is 0 Å². The minimum atomic E-state index is -4.67. The Hall–Kier alpha value is -1.62. The van der Waals surface area contributed by atoms with Crippen LogP contribution in [0.15, 0.2) is 22.7 Å². The standard InChI is InChI=1S/C9H12N6O3S/c1-14-8(11-5-12-14)9-13-6-3-10-4-7(6)15(9,2)19(16,17)18/h5,10H,3-4H2,1-2H3. The minimum absolute atomic E-state index is 0.0986. The number of rotatable bonds is 2. The van der Waals surface area contributed by atoms with Gasteiger partial charge in [0, 0.05) is 13.6 Å². The molecule has 0 fully saturated rings. The number of hydrogen-bond donors (Lipinski definition) is 1. The van der Waals surface area contributed by atoms with Crippen molar-refractivity contribution >= 4 is 16.1 Å². The van der Waals surface area contributed by atoms with E-state index in [2.05, 4.69) is 20.4 Å². The van der Waals surface area contributed by atoms with Gasteiger partial charge in [-0.15, -0.1) is 3.89 Å². The lowest BCUT2D eigenvalue weighted by Gasteiger charge is -2.32. The molecule has 0 aromatic carbocycles. The molecule has 0 saturated heterocycles. The van der Waals surface area contributed by atoms with Crippen LogP contribution in [0.4, 0.5) is 0 Å². The van der Waals surface area contributed by atoms with Gasteiger partial charge in [0.05, 0.1) is 13.6 Å². The molecule has 0 radical (unpaired) electrons. The van der Waals surface area contributed by atoms with Crippen LogP contribution >= 0.6 is 0 Å². The van der Waals surface area contributed by atoms with Gasteiger partial charge in [-0.25, -0.2) is 9.67 Å². The molecule has 19 heavy (non-hydrogen) atoms. The number of likely N-dealkylation sites (N-methyl/N-ethyl adjacent to an activating group) is 1. The molecule has 1 N–H and O–H groups in total. The first-order valence-corrected chi connectivity index (χ1v) is 6.91. The predicted molar refractivity (Wildman–Crippen MR) is 63.3 cm³/mol. The van der Waals surface area contributed by atoms with Crippen LogP contribution in [0.3, 0.4) is 0 Å². The van der Waals surface area contributed by atoms with Crippen molar-refractivity contribution in [3.05, 3.63) is 23.5 Å². The second-order valence-electron chi connectivity index (χ2n) is 4.49. The van der Waals surface area contributed by atoms with Crippen molar-refractivity contribution in [2.24, 2.45) is 12.0 Å². The molecule has 0 aliphatic carbocycles. The van der Waals surface area contributed by atoms with Gasteiger partial charge < -0.3 is 9.87 Å². The zero-order valence-electron chi connectivity index (χ0n) is 10.4. The Morgan fingerprint density at radius 2 is 2.21 bits per heavy atom. The maximum absolute atomic E-state index is 11.7. The first kappa shape index (κ1) is 12.4. The number of aliphatic imine (C=N–C) groups is 1. The molecule has 10 heteroatoms. The summed E-state index contributed by atoms with van der Waals surface area (Å²) >= 11 is 0. The molecular formula is C9H12N6O3S. The van der Waals surface area contributed by atoms with Gasteiger partial charge in [-0.3, -0.25) is 0 Å². The number of nitrogens with one attached hydrogen (secondary N) is 1. The van der Waals surface area contributed by atoms with E-state index in [9.17, 15) is 13.0 Å². The topological polar surface area (TPSA) is 112 Å². The van der Waals surface area contributed by atoms with Crippen LogP contribution < -0.4 is 5.32 Å². The summed E-state index contributed by atoms with van der Waals surface area (Å²) in [6.07, 6.45) is 1.29. The fraction of sp³-hybridized carbons (Fsp3) is 0.444. The lowest BCUT2D eigenvalue weighted by Crippen LogP contribution is -2.53. The summed E-state index contributed by atoms with van der Waals surface area (Å²) in [5, 5.41) is 6.88. The summed E-state index contributed by atoms with van der Waals surface area (Å²) in [7, 11) is -1.73. The zero-order chi connectivity index (χ0) is 13.8. The molecule has 1 aromatic heterocycles. The lowest BCUT2D eigenvalue weighted by molar-refractivity contribution is -0.643. The number of hydrogen-bond acceptors (Lipinski definition) is 7. The maximum Gasteiger partial charge on any atom is 0.292 e. The van der Waals surface area contributed by atoms with Gasteiger partial charge in [0.2, 0.25) is 5.82 Å².